The summed E-state index contributed by atoms with van der Waals surface area (Å²) in [5, 5.41) is 3.14. The van der Waals surface area contributed by atoms with Crippen molar-refractivity contribution in [2.24, 2.45) is 0 Å². The molecule has 0 aromatic heterocycles. The number of sulfonamides is 1. The predicted molar refractivity (Wildman–Crippen MR) is 98.3 cm³/mol. The second-order valence-electron chi connectivity index (χ2n) is 5.33. The molecule has 0 fully saturated rings. The van der Waals surface area contributed by atoms with Gasteiger partial charge in [0.05, 0.1) is 22.7 Å². The number of hydrogen-bond acceptors (Lipinski definition) is 3. The molecule has 1 atom stereocenters. The number of benzene rings is 2. The van der Waals surface area contributed by atoms with E-state index in [4.69, 9.17) is 23.2 Å². The van der Waals surface area contributed by atoms with Crippen LogP contribution in [0, 0.1) is 5.82 Å². The van der Waals surface area contributed by atoms with E-state index in [1.807, 2.05) is 0 Å². The van der Waals surface area contributed by atoms with Crippen molar-refractivity contribution in [3.05, 3.63) is 58.3 Å². The molecule has 0 radical (unpaired) electrons. The maximum atomic E-state index is 13.5. The standard InChI is InChI=1S/C16H15Cl2FN2O3S/c1-10(16(22)20-15-8-11(17)6-7-14(15)18)21(25(2,23)24)13-5-3-4-12(19)9-13/h3-10H,1-2H3,(H,20,22)/t10-/m0/s1. The Kier molecular flexibility index (Phi) is 5.92. The molecule has 0 spiro atoms. The molecule has 0 aliphatic carbocycles. The largest absolute Gasteiger partial charge is 0.323 e. The maximum absolute atomic E-state index is 13.5. The van der Waals surface area contributed by atoms with Gasteiger partial charge in [0, 0.05) is 5.02 Å². The minimum absolute atomic E-state index is 0.0438. The molecule has 134 valence electrons. The highest BCUT2D eigenvalue weighted by atomic mass is 35.5. The van der Waals surface area contributed by atoms with Gasteiger partial charge in [-0.25, -0.2) is 12.8 Å². The van der Waals surface area contributed by atoms with Crippen LogP contribution in [0.2, 0.25) is 10.0 Å². The Morgan fingerprint density at radius 3 is 2.48 bits per heavy atom. The second kappa shape index (κ2) is 7.59. The third-order valence-corrected chi connectivity index (χ3v) is 5.14. The van der Waals surface area contributed by atoms with Crippen LogP contribution in [0.25, 0.3) is 0 Å². The molecule has 0 heterocycles. The van der Waals surface area contributed by atoms with Crippen LogP contribution in [0.3, 0.4) is 0 Å². The van der Waals surface area contributed by atoms with Crippen molar-refractivity contribution in [3.63, 3.8) is 0 Å². The van der Waals surface area contributed by atoms with Crippen LogP contribution in [-0.4, -0.2) is 26.6 Å². The van der Waals surface area contributed by atoms with Gasteiger partial charge in [0.25, 0.3) is 0 Å². The number of carbonyl (C=O) groups excluding carboxylic acids is 1. The molecule has 1 N–H and O–H groups in total. The van der Waals surface area contributed by atoms with Gasteiger partial charge in [-0.15, -0.1) is 0 Å². The van der Waals surface area contributed by atoms with Crippen molar-refractivity contribution in [2.45, 2.75) is 13.0 Å². The molecule has 0 unspecified atom stereocenters. The topological polar surface area (TPSA) is 66.5 Å². The van der Waals surface area contributed by atoms with Crippen LogP contribution in [0.5, 0.6) is 0 Å². The van der Waals surface area contributed by atoms with Crippen molar-refractivity contribution in [3.8, 4) is 0 Å². The molecule has 0 aliphatic heterocycles. The van der Waals surface area contributed by atoms with Crippen molar-refractivity contribution in [1.29, 1.82) is 0 Å². The first-order valence-corrected chi connectivity index (χ1v) is 9.71. The maximum Gasteiger partial charge on any atom is 0.248 e. The van der Waals surface area contributed by atoms with Crippen LogP contribution in [0.4, 0.5) is 15.8 Å². The average molecular weight is 405 g/mol. The number of halogens is 3. The number of hydrogen-bond donors (Lipinski definition) is 1. The summed E-state index contributed by atoms with van der Waals surface area (Å²) < 4.78 is 38.6. The zero-order chi connectivity index (χ0) is 18.8. The molecule has 2 aromatic carbocycles. The van der Waals surface area contributed by atoms with Gasteiger partial charge >= 0.3 is 0 Å². The number of nitrogens with zero attached hydrogens (tertiary/aromatic N) is 1. The summed E-state index contributed by atoms with van der Waals surface area (Å²) in [6.07, 6.45) is 0.939. The van der Waals surface area contributed by atoms with E-state index in [1.165, 1.54) is 37.3 Å². The van der Waals surface area contributed by atoms with Crippen LogP contribution in [0.15, 0.2) is 42.5 Å². The van der Waals surface area contributed by atoms with Gasteiger partial charge in [0.2, 0.25) is 15.9 Å². The predicted octanol–water partition coefficient (Wildman–Crippen LogP) is 3.93. The number of anilines is 2. The Labute approximate surface area is 155 Å². The van der Waals surface area contributed by atoms with E-state index in [-0.39, 0.29) is 16.4 Å². The monoisotopic (exact) mass is 404 g/mol. The average Bonchev–Trinajstić information content (AvgIpc) is 2.49. The van der Waals surface area contributed by atoms with Crippen LogP contribution in [-0.2, 0) is 14.8 Å². The highest BCUT2D eigenvalue weighted by molar-refractivity contribution is 7.92. The molecule has 25 heavy (non-hydrogen) atoms. The fourth-order valence-electron chi connectivity index (χ4n) is 2.25. The lowest BCUT2D eigenvalue weighted by Gasteiger charge is -2.28. The molecule has 5 nitrogen and oxygen atoms in total. The van der Waals surface area contributed by atoms with E-state index in [1.54, 1.807) is 6.07 Å². The van der Waals surface area contributed by atoms with E-state index in [0.29, 0.717) is 5.02 Å². The Balaban J connectivity index is 2.35. The number of amides is 1. The molecule has 0 bridgehead atoms. The minimum atomic E-state index is -3.84. The third-order valence-electron chi connectivity index (χ3n) is 3.34. The first-order chi connectivity index (χ1) is 11.6. The molecule has 0 saturated carbocycles. The lowest BCUT2D eigenvalue weighted by Crippen LogP contribution is -2.45. The van der Waals surface area contributed by atoms with Gasteiger partial charge in [0.1, 0.15) is 11.9 Å². The van der Waals surface area contributed by atoms with E-state index in [0.717, 1.165) is 16.6 Å². The summed E-state index contributed by atoms with van der Waals surface area (Å²) in [4.78, 5) is 12.5. The fraction of sp³-hybridized carbons (Fsp3) is 0.188. The summed E-state index contributed by atoms with van der Waals surface area (Å²) >= 11 is 11.9. The lowest BCUT2D eigenvalue weighted by atomic mass is 10.2. The molecule has 9 heteroatoms. The highest BCUT2D eigenvalue weighted by Crippen LogP contribution is 2.27. The Bertz CT molecular complexity index is 906. The van der Waals surface area contributed by atoms with Gasteiger partial charge < -0.3 is 5.32 Å². The Morgan fingerprint density at radius 2 is 1.88 bits per heavy atom. The zero-order valence-electron chi connectivity index (χ0n) is 13.3. The Morgan fingerprint density at radius 1 is 1.20 bits per heavy atom. The molecular weight excluding hydrogens is 390 g/mol. The summed E-state index contributed by atoms with van der Waals surface area (Å²) in [6, 6.07) is 8.34. The van der Waals surface area contributed by atoms with Gasteiger partial charge in [-0.05, 0) is 43.3 Å². The van der Waals surface area contributed by atoms with Crippen molar-refractivity contribution >= 4 is 50.5 Å². The first-order valence-electron chi connectivity index (χ1n) is 7.10. The van der Waals surface area contributed by atoms with Gasteiger partial charge in [0.15, 0.2) is 0 Å². The van der Waals surface area contributed by atoms with Gasteiger partial charge in [-0.1, -0.05) is 29.3 Å². The lowest BCUT2D eigenvalue weighted by molar-refractivity contribution is -0.116. The first kappa shape index (κ1) is 19.5. The number of carbonyl (C=O) groups is 1. The third kappa shape index (κ3) is 4.84. The van der Waals surface area contributed by atoms with Gasteiger partial charge in [-0.3, -0.25) is 9.10 Å². The molecular formula is C16H15Cl2FN2O3S. The van der Waals surface area contributed by atoms with E-state index in [2.05, 4.69) is 5.32 Å². The SMILES string of the molecule is C[C@@H](C(=O)Nc1cc(Cl)ccc1Cl)N(c1cccc(F)c1)S(C)(=O)=O. The second-order valence-corrected chi connectivity index (χ2v) is 8.03. The van der Waals surface area contributed by atoms with Crippen LogP contribution >= 0.6 is 23.2 Å². The molecule has 0 saturated heterocycles. The molecule has 2 rings (SSSR count). The minimum Gasteiger partial charge on any atom is -0.323 e. The van der Waals surface area contributed by atoms with Gasteiger partial charge in [-0.2, -0.15) is 0 Å². The normalized spacial score (nSPS) is 12.5. The summed E-state index contributed by atoms with van der Waals surface area (Å²) in [6.45, 7) is 1.39. The smallest absolute Gasteiger partial charge is 0.248 e. The zero-order valence-corrected chi connectivity index (χ0v) is 15.7. The van der Waals surface area contributed by atoms with Crippen molar-refractivity contribution in [2.75, 3.05) is 15.9 Å². The summed E-state index contributed by atoms with van der Waals surface area (Å²) in [5.41, 5.74) is 0.293. The fourth-order valence-corrected chi connectivity index (χ4v) is 3.76. The Hall–Kier alpha value is -1.83. The summed E-state index contributed by atoms with van der Waals surface area (Å²) in [7, 11) is -3.84. The van der Waals surface area contributed by atoms with Crippen LogP contribution in [0.1, 0.15) is 6.92 Å². The summed E-state index contributed by atoms with van der Waals surface area (Å²) in [5.74, 6) is -1.25. The van der Waals surface area contributed by atoms with E-state index >= 15 is 0 Å². The molecule has 0 aliphatic rings. The molecule has 2 aromatic rings. The number of rotatable bonds is 5. The van der Waals surface area contributed by atoms with Crippen molar-refractivity contribution < 1.29 is 17.6 Å². The van der Waals surface area contributed by atoms with E-state index < -0.39 is 27.8 Å². The molecule has 1 amide bonds. The van der Waals surface area contributed by atoms with Crippen molar-refractivity contribution in [1.82, 2.24) is 0 Å². The van der Waals surface area contributed by atoms with Crippen LogP contribution < -0.4 is 9.62 Å². The number of nitrogens with one attached hydrogen (secondary N) is 1. The quantitative estimate of drug-likeness (QED) is 0.820. The highest BCUT2D eigenvalue weighted by Gasteiger charge is 2.29. The van der Waals surface area contributed by atoms with E-state index in [9.17, 15) is 17.6 Å².